The van der Waals surface area contributed by atoms with Crippen LogP contribution in [0, 0.1) is 11.3 Å². The highest BCUT2D eigenvalue weighted by Gasteiger charge is 2.16. The molecule has 0 fully saturated rings. The summed E-state index contributed by atoms with van der Waals surface area (Å²) in [7, 11) is 3.17. The van der Waals surface area contributed by atoms with Crippen LogP contribution in [-0.4, -0.2) is 32.8 Å². The molecule has 27 heavy (non-hydrogen) atoms. The highest BCUT2D eigenvalue weighted by Crippen LogP contribution is 2.15. The zero-order chi connectivity index (χ0) is 19.4. The normalized spacial score (nSPS) is 10.3. The standard InChI is InChI=1S/C18H16N6O3/c1-24-17(12(9-19)10-20-24)23-18(26)14-8-16(25)22-15(21-14)7-11-3-5-13(27-2)6-4-11/h3-6,8,10H,7H2,1-2H3,(H,23,26)(H,21,22,25). The molecule has 2 N–H and O–H groups in total. The first-order valence-electron chi connectivity index (χ1n) is 7.96. The van der Waals surface area contributed by atoms with E-state index < -0.39 is 11.5 Å². The molecule has 3 rings (SSSR count). The van der Waals surface area contributed by atoms with Crippen LogP contribution in [0.3, 0.4) is 0 Å². The molecule has 0 bridgehead atoms. The van der Waals surface area contributed by atoms with Crippen molar-refractivity contribution in [2.75, 3.05) is 12.4 Å². The smallest absolute Gasteiger partial charge is 0.275 e. The number of carbonyl (C=O) groups excluding carboxylic acids is 1. The summed E-state index contributed by atoms with van der Waals surface area (Å²) in [4.78, 5) is 31.3. The van der Waals surface area contributed by atoms with Crippen LogP contribution in [0.15, 0.2) is 41.3 Å². The van der Waals surface area contributed by atoms with Crippen molar-refractivity contribution >= 4 is 11.7 Å². The van der Waals surface area contributed by atoms with Crippen molar-refractivity contribution in [1.82, 2.24) is 19.7 Å². The van der Waals surface area contributed by atoms with E-state index in [2.05, 4.69) is 20.4 Å². The molecule has 9 nitrogen and oxygen atoms in total. The van der Waals surface area contributed by atoms with Crippen molar-refractivity contribution in [3.63, 3.8) is 0 Å². The van der Waals surface area contributed by atoms with Crippen molar-refractivity contribution in [2.24, 2.45) is 7.05 Å². The van der Waals surface area contributed by atoms with Gasteiger partial charge in [-0.1, -0.05) is 12.1 Å². The lowest BCUT2D eigenvalue weighted by Crippen LogP contribution is -2.22. The Labute approximate surface area is 154 Å². The van der Waals surface area contributed by atoms with E-state index in [9.17, 15) is 9.59 Å². The van der Waals surface area contributed by atoms with Gasteiger partial charge in [0.05, 0.1) is 13.3 Å². The molecule has 0 unspecified atom stereocenters. The monoisotopic (exact) mass is 364 g/mol. The average molecular weight is 364 g/mol. The number of hydrogen-bond acceptors (Lipinski definition) is 6. The number of aryl methyl sites for hydroxylation is 1. The molecule has 0 aliphatic heterocycles. The highest BCUT2D eigenvalue weighted by molar-refractivity contribution is 6.02. The summed E-state index contributed by atoms with van der Waals surface area (Å²) in [6.45, 7) is 0. The van der Waals surface area contributed by atoms with Gasteiger partial charge >= 0.3 is 0 Å². The number of ether oxygens (including phenoxy) is 1. The lowest BCUT2D eigenvalue weighted by atomic mass is 10.1. The van der Waals surface area contributed by atoms with Crippen LogP contribution in [0.2, 0.25) is 0 Å². The van der Waals surface area contributed by atoms with Crippen molar-refractivity contribution in [2.45, 2.75) is 6.42 Å². The van der Waals surface area contributed by atoms with Crippen molar-refractivity contribution in [1.29, 1.82) is 5.26 Å². The Balaban J connectivity index is 1.84. The molecule has 0 aliphatic rings. The predicted molar refractivity (Wildman–Crippen MR) is 96.5 cm³/mol. The summed E-state index contributed by atoms with van der Waals surface area (Å²) >= 11 is 0. The fourth-order valence-corrected chi connectivity index (χ4v) is 2.48. The molecule has 3 aromatic rings. The third-order valence-corrected chi connectivity index (χ3v) is 3.85. The highest BCUT2D eigenvalue weighted by atomic mass is 16.5. The lowest BCUT2D eigenvalue weighted by molar-refractivity contribution is 0.102. The molecule has 0 aliphatic carbocycles. The molecule has 9 heteroatoms. The number of aromatic nitrogens is 4. The van der Waals surface area contributed by atoms with E-state index in [-0.39, 0.29) is 17.1 Å². The van der Waals surface area contributed by atoms with Gasteiger partial charge in [0.2, 0.25) is 0 Å². The Hall–Kier alpha value is -3.93. The van der Waals surface area contributed by atoms with Crippen molar-refractivity contribution < 1.29 is 9.53 Å². The van der Waals surface area contributed by atoms with Crippen LogP contribution in [0.1, 0.15) is 27.4 Å². The largest absolute Gasteiger partial charge is 0.497 e. The van der Waals surface area contributed by atoms with Gasteiger partial charge in [-0.3, -0.25) is 14.3 Å². The Kier molecular flexibility index (Phi) is 4.99. The van der Waals surface area contributed by atoms with E-state index in [4.69, 9.17) is 10.00 Å². The van der Waals surface area contributed by atoms with Gasteiger partial charge in [0, 0.05) is 19.5 Å². The number of H-pyrrole nitrogens is 1. The van der Waals surface area contributed by atoms with E-state index >= 15 is 0 Å². The Morgan fingerprint density at radius 3 is 2.78 bits per heavy atom. The number of nitrogens with one attached hydrogen (secondary N) is 2. The lowest BCUT2D eigenvalue weighted by Gasteiger charge is -2.07. The van der Waals surface area contributed by atoms with Crippen LogP contribution in [0.4, 0.5) is 5.82 Å². The quantitative estimate of drug-likeness (QED) is 0.701. The molecule has 0 radical (unpaired) electrons. The number of benzene rings is 1. The maximum atomic E-state index is 12.5. The Morgan fingerprint density at radius 2 is 2.11 bits per heavy atom. The molecular formula is C18H16N6O3. The maximum absolute atomic E-state index is 12.5. The molecule has 0 atom stereocenters. The minimum Gasteiger partial charge on any atom is -0.497 e. The summed E-state index contributed by atoms with van der Waals surface area (Å²) in [5, 5.41) is 15.6. The molecule has 0 saturated carbocycles. The Morgan fingerprint density at radius 1 is 1.37 bits per heavy atom. The summed E-state index contributed by atoms with van der Waals surface area (Å²) < 4.78 is 6.47. The molecule has 1 aromatic carbocycles. The van der Waals surface area contributed by atoms with Gasteiger partial charge in [-0.2, -0.15) is 10.4 Å². The van der Waals surface area contributed by atoms with E-state index in [1.165, 1.54) is 10.9 Å². The van der Waals surface area contributed by atoms with Crippen LogP contribution in [0.25, 0.3) is 0 Å². The fourth-order valence-electron chi connectivity index (χ4n) is 2.48. The topological polar surface area (TPSA) is 126 Å². The first-order valence-corrected chi connectivity index (χ1v) is 7.96. The SMILES string of the molecule is COc1ccc(Cc2nc(C(=O)Nc3c(C#N)cnn3C)cc(=O)[nH]2)cc1. The number of carbonyl (C=O) groups is 1. The minimum absolute atomic E-state index is 0.0487. The maximum Gasteiger partial charge on any atom is 0.275 e. The van der Waals surface area contributed by atoms with Gasteiger partial charge in [0.1, 0.15) is 34.7 Å². The Bertz CT molecular complexity index is 1080. The first kappa shape index (κ1) is 17.9. The number of amides is 1. The van der Waals surface area contributed by atoms with Gasteiger partial charge < -0.3 is 15.0 Å². The summed E-state index contributed by atoms with van der Waals surface area (Å²) in [6.07, 6.45) is 1.69. The number of rotatable bonds is 5. The second-order valence-electron chi connectivity index (χ2n) is 5.70. The molecule has 2 aromatic heterocycles. The third-order valence-electron chi connectivity index (χ3n) is 3.85. The van der Waals surface area contributed by atoms with Gasteiger partial charge in [0.15, 0.2) is 0 Å². The molecule has 1 amide bonds. The number of methoxy groups -OCH3 is 1. The third kappa shape index (κ3) is 4.01. The summed E-state index contributed by atoms with van der Waals surface area (Å²) in [5.74, 6) is 0.708. The summed E-state index contributed by atoms with van der Waals surface area (Å²) in [6, 6.07) is 10.3. The molecule has 2 heterocycles. The minimum atomic E-state index is -0.600. The number of nitriles is 1. The zero-order valence-electron chi connectivity index (χ0n) is 14.7. The predicted octanol–water partition coefficient (Wildman–Crippen LogP) is 1.23. The zero-order valence-corrected chi connectivity index (χ0v) is 14.7. The molecule has 136 valence electrons. The van der Waals surface area contributed by atoms with E-state index in [1.54, 1.807) is 26.3 Å². The summed E-state index contributed by atoms with van der Waals surface area (Å²) in [5.41, 5.74) is 0.626. The average Bonchev–Trinajstić information content (AvgIpc) is 3.01. The van der Waals surface area contributed by atoms with Crippen molar-refractivity contribution in [3.8, 4) is 11.8 Å². The second kappa shape index (κ2) is 7.53. The van der Waals surface area contributed by atoms with E-state index in [1.807, 2.05) is 18.2 Å². The van der Waals surface area contributed by atoms with E-state index in [0.717, 1.165) is 17.4 Å². The van der Waals surface area contributed by atoms with Crippen LogP contribution in [0.5, 0.6) is 5.75 Å². The van der Waals surface area contributed by atoms with Crippen LogP contribution < -0.4 is 15.6 Å². The van der Waals surface area contributed by atoms with E-state index in [0.29, 0.717) is 12.2 Å². The second-order valence-corrected chi connectivity index (χ2v) is 5.70. The van der Waals surface area contributed by atoms with Gasteiger partial charge in [-0.05, 0) is 17.7 Å². The van der Waals surface area contributed by atoms with Crippen LogP contribution in [-0.2, 0) is 13.5 Å². The molecule has 0 spiro atoms. The fraction of sp³-hybridized carbons (Fsp3) is 0.167. The van der Waals surface area contributed by atoms with Gasteiger partial charge in [0.25, 0.3) is 11.5 Å². The van der Waals surface area contributed by atoms with Crippen LogP contribution >= 0.6 is 0 Å². The van der Waals surface area contributed by atoms with Gasteiger partial charge in [-0.25, -0.2) is 4.98 Å². The number of hydrogen-bond donors (Lipinski definition) is 2. The number of aromatic amines is 1. The van der Waals surface area contributed by atoms with Gasteiger partial charge in [-0.15, -0.1) is 0 Å². The first-order chi connectivity index (χ1) is 13.0. The molecular weight excluding hydrogens is 348 g/mol. The number of anilines is 1. The number of nitrogens with zero attached hydrogens (tertiary/aromatic N) is 4. The van der Waals surface area contributed by atoms with Crippen molar-refractivity contribution in [3.05, 3.63) is 69.5 Å². The molecule has 0 saturated heterocycles.